The zero-order valence-electron chi connectivity index (χ0n) is 23.0. The number of hydrogen-bond donors (Lipinski definition) is 4. The maximum atomic E-state index is 10.6. The molecule has 5 rings (SSSR count). The number of halogens is 6. The van der Waals surface area contributed by atoms with Gasteiger partial charge in [-0.15, -0.1) is 0 Å². The molecule has 45 heavy (non-hydrogen) atoms. The highest BCUT2D eigenvalue weighted by Gasteiger charge is 2.38. The van der Waals surface area contributed by atoms with Gasteiger partial charge in [-0.1, -0.05) is 66.7 Å². The van der Waals surface area contributed by atoms with Crippen molar-refractivity contribution < 1.29 is 46.1 Å². The second-order valence-electron chi connectivity index (χ2n) is 9.11. The lowest BCUT2D eigenvalue weighted by atomic mass is 9.95. The summed E-state index contributed by atoms with van der Waals surface area (Å²) in [7, 11) is 0. The van der Waals surface area contributed by atoms with Crippen LogP contribution in [-0.2, 0) is 16.1 Å². The summed E-state index contributed by atoms with van der Waals surface area (Å²) in [5.41, 5.74) is 20.5. The number of aliphatic carboxylic acids is 2. The van der Waals surface area contributed by atoms with Crippen LogP contribution in [0.5, 0.6) is 0 Å². The summed E-state index contributed by atoms with van der Waals surface area (Å²) >= 11 is 0. The lowest BCUT2D eigenvalue weighted by Gasteiger charge is -2.14. The van der Waals surface area contributed by atoms with Crippen LogP contribution in [0.15, 0.2) is 97.2 Å². The second-order valence-corrected chi connectivity index (χ2v) is 9.11. The number of nitrogens with zero attached hydrogens (tertiary/aromatic N) is 2. The standard InChI is InChI=1S/C27H22N4.2C2HF3O2/c28-17-18-6-8-21(9-7-18)27-23(19-4-2-1-3-5-19)16-24-25(31-27)14-15-30-26(24)20-10-12-22(29)13-11-20;2*3-2(4,5)1(6)7/h1-16H,17,28-29H2;2*(H,6,7). The van der Waals surface area contributed by atoms with Crippen LogP contribution in [0.3, 0.4) is 0 Å². The Morgan fingerprint density at radius 2 is 1.18 bits per heavy atom. The van der Waals surface area contributed by atoms with E-state index in [1.165, 1.54) is 0 Å². The Balaban J connectivity index is 0.000000331. The van der Waals surface area contributed by atoms with Gasteiger partial charge in [0.1, 0.15) is 0 Å². The van der Waals surface area contributed by atoms with Crippen LogP contribution < -0.4 is 11.5 Å². The number of carbonyl (C=O) groups is 2. The number of alkyl halides is 6. The van der Waals surface area contributed by atoms with Gasteiger partial charge in [0.25, 0.3) is 0 Å². The third-order valence-corrected chi connectivity index (χ3v) is 5.96. The molecule has 234 valence electrons. The predicted molar refractivity (Wildman–Crippen MR) is 156 cm³/mol. The number of pyridine rings is 2. The topological polar surface area (TPSA) is 152 Å². The summed E-state index contributed by atoms with van der Waals surface area (Å²) in [5, 5.41) is 15.3. The highest BCUT2D eigenvalue weighted by atomic mass is 19.4. The molecule has 0 unspecified atom stereocenters. The van der Waals surface area contributed by atoms with Crippen LogP contribution in [0.1, 0.15) is 5.56 Å². The zero-order valence-corrected chi connectivity index (χ0v) is 23.0. The Hall–Kier alpha value is -5.50. The number of fused-ring (bicyclic) bond motifs is 1. The van der Waals surface area contributed by atoms with E-state index in [0.29, 0.717) is 6.54 Å². The smallest absolute Gasteiger partial charge is 0.475 e. The lowest BCUT2D eigenvalue weighted by molar-refractivity contribution is -0.193. The largest absolute Gasteiger partial charge is 0.490 e. The van der Waals surface area contributed by atoms with Crippen molar-refractivity contribution in [2.75, 3.05) is 5.73 Å². The van der Waals surface area contributed by atoms with Crippen LogP contribution in [0.25, 0.3) is 44.5 Å². The van der Waals surface area contributed by atoms with E-state index < -0.39 is 24.3 Å². The minimum absolute atomic E-state index is 0.521. The third kappa shape index (κ3) is 9.24. The van der Waals surface area contributed by atoms with E-state index in [2.05, 4.69) is 47.4 Å². The monoisotopic (exact) mass is 630 g/mol. The Bertz CT molecular complexity index is 1740. The number of nitrogen functional groups attached to an aromatic ring is 1. The van der Waals surface area contributed by atoms with Gasteiger partial charge >= 0.3 is 24.3 Å². The maximum Gasteiger partial charge on any atom is 0.490 e. The van der Waals surface area contributed by atoms with Crippen molar-refractivity contribution in [3.05, 3.63) is 103 Å². The van der Waals surface area contributed by atoms with Crippen LogP contribution in [-0.4, -0.2) is 44.5 Å². The molecule has 0 saturated heterocycles. The van der Waals surface area contributed by atoms with Crippen molar-refractivity contribution in [3.8, 4) is 33.6 Å². The van der Waals surface area contributed by atoms with Crippen molar-refractivity contribution in [2.45, 2.75) is 18.9 Å². The van der Waals surface area contributed by atoms with Gasteiger partial charge in [-0.25, -0.2) is 14.6 Å². The van der Waals surface area contributed by atoms with Crippen LogP contribution >= 0.6 is 0 Å². The van der Waals surface area contributed by atoms with Crippen LogP contribution in [0, 0.1) is 0 Å². The van der Waals surface area contributed by atoms with E-state index in [1.54, 1.807) is 0 Å². The van der Waals surface area contributed by atoms with E-state index in [9.17, 15) is 26.3 Å². The minimum Gasteiger partial charge on any atom is -0.475 e. The van der Waals surface area contributed by atoms with Gasteiger partial charge in [0.2, 0.25) is 0 Å². The van der Waals surface area contributed by atoms with Gasteiger partial charge in [-0.05, 0) is 35.4 Å². The van der Waals surface area contributed by atoms with E-state index in [-0.39, 0.29) is 0 Å². The molecule has 8 nitrogen and oxygen atoms in total. The Morgan fingerprint density at radius 1 is 0.689 bits per heavy atom. The fourth-order valence-corrected chi connectivity index (χ4v) is 3.82. The normalized spacial score (nSPS) is 11.1. The summed E-state index contributed by atoms with van der Waals surface area (Å²) < 4.78 is 63.5. The summed E-state index contributed by atoms with van der Waals surface area (Å²) in [6, 6.07) is 30.6. The molecular weight excluding hydrogens is 606 g/mol. The van der Waals surface area contributed by atoms with E-state index in [0.717, 1.165) is 55.8 Å². The van der Waals surface area contributed by atoms with E-state index >= 15 is 0 Å². The summed E-state index contributed by atoms with van der Waals surface area (Å²) in [5.74, 6) is -5.51. The SMILES string of the molecule is NCc1ccc(-c2nc3ccnc(-c4ccc(N)cc4)c3cc2-c2ccccc2)cc1.O=C(O)C(F)(F)F.O=C(O)C(F)(F)F. The summed E-state index contributed by atoms with van der Waals surface area (Å²) in [6.07, 6.45) is -8.36. The van der Waals surface area contributed by atoms with Crippen molar-refractivity contribution in [1.29, 1.82) is 0 Å². The van der Waals surface area contributed by atoms with Crippen LogP contribution in [0.2, 0.25) is 0 Å². The van der Waals surface area contributed by atoms with Crippen molar-refractivity contribution >= 4 is 28.5 Å². The summed E-state index contributed by atoms with van der Waals surface area (Å²) in [4.78, 5) is 27.5. The number of anilines is 1. The van der Waals surface area contributed by atoms with Crippen LogP contribution in [0.4, 0.5) is 32.0 Å². The number of aromatic nitrogens is 2. The molecule has 5 aromatic rings. The van der Waals surface area contributed by atoms with Crippen molar-refractivity contribution in [1.82, 2.24) is 9.97 Å². The number of hydrogen-bond acceptors (Lipinski definition) is 6. The minimum atomic E-state index is -5.08. The molecule has 0 atom stereocenters. The highest BCUT2D eigenvalue weighted by molar-refractivity contribution is 5.98. The molecule has 14 heteroatoms. The molecule has 0 radical (unpaired) electrons. The fourth-order valence-electron chi connectivity index (χ4n) is 3.82. The number of benzene rings is 3. The number of rotatable bonds is 4. The Morgan fingerprint density at radius 3 is 1.67 bits per heavy atom. The average molecular weight is 631 g/mol. The van der Waals surface area contributed by atoms with Gasteiger partial charge in [0, 0.05) is 40.5 Å². The predicted octanol–water partition coefficient (Wildman–Crippen LogP) is 6.94. The molecule has 2 aromatic heterocycles. The molecule has 0 amide bonds. The van der Waals surface area contributed by atoms with Crippen molar-refractivity contribution in [2.24, 2.45) is 5.73 Å². The molecule has 0 aliphatic heterocycles. The first-order chi connectivity index (χ1) is 21.1. The molecule has 0 aliphatic rings. The molecule has 0 aliphatic carbocycles. The van der Waals surface area contributed by atoms with Gasteiger partial charge < -0.3 is 21.7 Å². The molecule has 0 spiro atoms. The molecule has 6 N–H and O–H groups in total. The average Bonchev–Trinajstić information content (AvgIpc) is 3.01. The Labute approximate surface area is 251 Å². The van der Waals surface area contributed by atoms with Gasteiger partial charge in [-0.3, -0.25) is 4.98 Å². The molecular formula is C31H24F6N4O4. The van der Waals surface area contributed by atoms with Gasteiger partial charge in [-0.2, -0.15) is 26.3 Å². The highest BCUT2D eigenvalue weighted by Crippen LogP contribution is 2.36. The van der Waals surface area contributed by atoms with E-state index in [1.807, 2.05) is 54.7 Å². The first kappa shape index (κ1) is 34.0. The molecule has 3 aromatic carbocycles. The quantitative estimate of drug-likeness (QED) is 0.123. The maximum absolute atomic E-state index is 10.6. The van der Waals surface area contributed by atoms with E-state index in [4.69, 9.17) is 36.3 Å². The van der Waals surface area contributed by atoms with Gasteiger partial charge in [0.15, 0.2) is 0 Å². The van der Waals surface area contributed by atoms with Crippen molar-refractivity contribution in [3.63, 3.8) is 0 Å². The molecule has 2 heterocycles. The number of carboxylic acids is 2. The van der Waals surface area contributed by atoms with Gasteiger partial charge in [0.05, 0.1) is 16.9 Å². The summed E-state index contributed by atoms with van der Waals surface area (Å²) in [6.45, 7) is 0.521. The first-order valence-electron chi connectivity index (χ1n) is 12.7. The number of nitrogens with two attached hydrogens (primary N) is 2. The Kier molecular flexibility index (Phi) is 10.8. The third-order valence-electron chi connectivity index (χ3n) is 5.96. The molecule has 0 fully saturated rings. The number of carboxylic acid groups (broad SMARTS) is 2. The lowest BCUT2D eigenvalue weighted by Crippen LogP contribution is -2.21. The fraction of sp³-hybridized carbons (Fsp3) is 0.0968. The molecule has 0 bridgehead atoms. The molecule has 0 saturated carbocycles. The zero-order chi connectivity index (χ0) is 33.4. The first-order valence-corrected chi connectivity index (χ1v) is 12.7. The second kappa shape index (κ2) is 14.3.